The SMILES string of the molecule is CCNC(=NCC(C)(O)c1ccccc1)NCCNS(=O)(=O)c1cccc([N+](=O)[O-])c1.I. The average molecular weight is 577 g/mol. The lowest BCUT2D eigenvalue weighted by Crippen LogP contribution is -2.42. The fraction of sp³-hybridized carbons (Fsp3) is 0.350. The third-order valence-electron chi connectivity index (χ3n) is 4.33. The lowest BCUT2D eigenvalue weighted by Gasteiger charge is -2.22. The van der Waals surface area contributed by atoms with E-state index in [0.717, 1.165) is 11.6 Å². The van der Waals surface area contributed by atoms with Crippen molar-refractivity contribution in [1.82, 2.24) is 15.4 Å². The van der Waals surface area contributed by atoms with Gasteiger partial charge in [0, 0.05) is 31.8 Å². The molecule has 0 bridgehead atoms. The van der Waals surface area contributed by atoms with E-state index in [0.29, 0.717) is 12.5 Å². The maximum absolute atomic E-state index is 12.4. The summed E-state index contributed by atoms with van der Waals surface area (Å²) in [6.45, 7) is 4.49. The van der Waals surface area contributed by atoms with E-state index in [4.69, 9.17) is 0 Å². The quantitative estimate of drug-likeness (QED) is 0.0844. The molecule has 0 saturated heterocycles. The second-order valence-corrected chi connectivity index (χ2v) is 8.68. The molecule has 0 heterocycles. The number of benzene rings is 2. The van der Waals surface area contributed by atoms with Crippen LogP contribution in [0.2, 0.25) is 0 Å². The molecule has 0 aliphatic carbocycles. The Morgan fingerprint density at radius 2 is 1.81 bits per heavy atom. The van der Waals surface area contributed by atoms with Crippen LogP contribution < -0.4 is 15.4 Å². The van der Waals surface area contributed by atoms with E-state index in [9.17, 15) is 23.6 Å². The van der Waals surface area contributed by atoms with Crippen LogP contribution in [0.15, 0.2) is 64.5 Å². The van der Waals surface area contributed by atoms with Crippen LogP contribution in [-0.4, -0.2) is 50.6 Å². The molecule has 0 saturated carbocycles. The first-order valence-corrected chi connectivity index (χ1v) is 11.2. The zero-order valence-electron chi connectivity index (χ0n) is 17.8. The molecule has 4 N–H and O–H groups in total. The van der Waals surface area contributed by atoms with Gasteiger partial charge in [0.25, 0.3) is 5.69 Å². The lowest BCUT2D eigenvalue weighted by atomic mass is 9.96. The highest BCUT2D eigenvalue weighted by atomic mass is 127. The molecule has 176 valence electrons. The van der Waals surface area contributed by atoms with Crippen LogP contribution >= 0.6 is 24.0 Å². The number of hydrogen-bond acceptors (Lipinski definition) is 6. The second-order valence-electron chi connectivity index (χ2n) is 6.91. The number of aliphatic imine (C=N–C) groups is 1. The highest BCUT2D eigenvalue weighted by molar-refractivity contribution is 14.0. The first kappa shape index (κ1) is 27.7. The molecule has 0 radical (unpaired) electrons. The molecule has 12 heteroatoms. The number of nitrogens with one attached hydrogen (secondary N) is 3. The number of nitro groups is 1. The number of nitrogens with zero attached hydrogens (tertiary/aromatic N) is 2. The van der Waals surface area contributed by atoms with Gasteiger partial charge < -0.3 is 15.7 Å². The first-order chi connectivity index (χ1) is 14.7. The summed E-state index contributed by atoms with van der Waals surface area (Å²) in [7, 11) is -3.89. The Bertz CT molecular complexity index is 1020. The maximum atomic E-state index is 12.4. The molecule has 0 spiro atoms. The predicted molar refractivity (Wildman–Crippen MR) is 134 cm³/mol. The van der Waals surface area contributed by atoms with Crippen LogP contribution in [0.4, 0.5) is 5.69 Å². The van der Waals surface area contributed by atoms with Crippen molar-refractivity contribution in [3.05, 3.63) is 70.3 Å². The summed E-state index contributed by atoms with van der Waals surface area (Å²) in [6, 6.07) is 14.0. The summed E-state index contributed by atoms with van der Waals surface area (Å²) >= 11 is 0. The van der Waals surface area contributed by atoms with Crippen molar-refractivity contribution >= 4 is 45.6 Å². The highest BCUT2D eigenvalue weighted by Crippen LogP contribution is 2.20. The van der Waals surface area contributed by atoms with E-state index in [1.165, 1.54) is 18.2 Å². The smallest absolute Gasteiger partial charge is 0.270 e. The Morgan fingerprint density at radius 3 is 2.44 bits per heavy atom. The van der Waals surface area contributed by atoms with E-state index >= 15 is 0 Å². The number of guanidine groups is 1. The Balaban J connectivity index is 0.00000512. The minimum atomic E-state index is -3.89. The maximum Gasteiger partial charge on any atom is 0.270 e. The average Bonchev–Trinajstić information content (AvgIpc) is 2.75. The van der Waals surface area contributed by atoms with Crippen LogP contribution in [0.1, 0.15) is 19.4 Å². The van der Waals surface area contributed by atoms with Gasteiger partial charge in [0.05, 0.1) is 16.4 Å². The number of hydrogen-bond donors (Lipinski definition) is 4. The van der Waals surface area contributed by atoms with Gasteiger partial charge >= 0.3 is 0 Å². The van der Waals surface area contributed by atoms with E-state index in [-0.39, 0.29) is 54.2 Å². The zero-order valence-corrected chi connectivity index (χ0v) is 21.0. The van der Waals surface area contributed by atoms with Gasteiger partial charge in [-0.1, -0.05) is 36.4 Å². The number of non-ortho nitro benzene ring substituents is 1. The van der Waals surface area contributed by atoms with E-state index in [2.05, 4.69) is 20.3 Å². The molecule has 2 rings (SSSR count). The number of nitro benzene ring substituents is 1. The van der Waals surface area contributed by atoms with Crippen LogP contribution in [0, 0.1) is 10.1 Å². The Labute approximate surface area is 204 Å². The summed E-state index contributed by atoms with van der Waals surface area (Å²) in [4.78, 5) is 14.4. The number of halogens is 1. The zero-order chi connectivity index (χ0) is 22.9. The molecule has 32 heavy (non-hydrogen) atoms. The van der Waals surface area contributed by atoms with E-state index in [1.54, 1.807) is 6.92 Å². The van der Waals surface area contributed by atoms with Gasteiger partial charge in [0.2, 0.25) is 10.0 Å². The molecule has 0 amide bonds. The monoisotopic (exact) mass is 577 g/mol. The predicted octanol–water partition coefficient (Wildman–Crippen LogP) is 1.95. The topological polar surface area (TPSA) is 146 Å². The summed E-state index contributed by atoms with van der Waals surface area (Å²) in [5.41, 5.74) is -0.722. The summed E-state index contributed by atoms with van der Waals surface area (Å²) < 4.78 is 27.1. The normalized spacial score (nSPS) is 13.5. The second kappa shape index (κ2) is 12.7. The van der Waals surface area contributed by atoms with Gasteiger partial charge in [-0.25, -0.2) is 18.1 Å². The molecule has 2 aromatic carbocycles. The van der Waals surface area contributed by atoms with Crippen molar-refractivity contribution in [2.45, 2.75) is 24.3 Å². The number of rotatable bonds is 10. The molecular formula is C20H28IN5O5S. The van der Waals surface area contributed by atoms with Crippen molar-refractivity contribution in [2.75, 3.05) is 26.2 Å². The van der Waals surface area contributed by atoms with Crippen molar-refractivity contribution in [2.24, 2.45) is 4.99 Å². The molecule has 2 aromatic rings. The first-order valence-electron chi connectivity index (χ1n) is 9.70. The molecule has 1 atom stereocenters. The molecule has 10 nitrogen and oxygen atoms in total. The summed E-state index contributed by atoms with van der Waals surface area (Å²) in [5, 5.41) is 27.5. The summed E-state index contributed by atoms with van der Waals surface area (Å²) in [5.74, 6) is 0.424. The molecule has 0 fully saturated rings. The fourth-order valence-corrected chi connectivity index (χ4v) is 3.75. The van der Waals surface area contributed by atoms with Gasteiger partial charge in [0.15, 0.2) is 5.96 Å². The van der Waals surface area contributed by atoms with Gasteiger partial charge in [-0.3, -0.25) is 10.1 Å². The molecule has 0 aliphatic rings. The van der Waals surface area contributed by atoms with Crippen LogP contribution in [0.3, 0.4) is 0 Å². The van der Waals surface area contributed by atoms with Crippen LogP contribution in [0.5, 0.6) is 0 Å². The van der Waals surface area contributed by atoms with Crippen molar-refractivity contribution in [3.63, 3.8) is 0 Å². The standard InChI is InChI=1S/C20H27N5O5S.HI/c1-3-21-19(23-15-20(2,26)16-8-5-4-6-9-16)22-12-13-24-31(29,30)18-11-7-10-17(14-18)25(27)28;/h4-11,14,24,26H,3,12-13,15H2,1-2H3,(H2,21,22,23);1H. The van der Waals surface area contributed by atoms with E-state index in [1.807, 2.05) is 37.3 Å². The van der Waals surface area contributed by atoms with Crippen molar-refractivity contribution < 1.29 is 18.4 Å². The fourth-order valence-electron chi connectivity index (χ4n) is 2.68. The van der Waals surface area contributed by atoms with E-state index < -0.39 is 20.5 Å². The minimum absolute atomic E-state index is 0. The Hall–Kier alpha value is -2.29. The molecule has 0 aliphatic heterocycles. The summed E-state index contributed by atoms with van der Waals surface area (Å²) in [6.07, 6.45) is 0. The van der Waals surface area contributed by atoms with Crippen LogP contribution in [-0.2, 0) is 15.6 Å². The number of aliphatic hydroxyl groups is 1. The van der Waals surface area contributed by atoms with Gasteiger partial charge in [-0.05, 0) is 25.5 Å². The van der Waals surface area contributed by atoms with Crippen molar-refractivity contribution in [3.8, 4) is 0 Å². The number of sulfonamides is 1. The van der Waals surface area contributed by atoms with Gasteiger partial charge in [-0.2, -0.15) is 0 Å². The third kappa shape index (κ3) is 8.33. The molecule has 0 aromatic heterocycles. The molecule has 1 unspecified atom stereocenters. The van der Waals surface area contributed by atoms with Gasteiger partial charge in [0.1, 0.15) is 5.60 Å². The highest BCUT2D eigenvalue weighted by Gasteiger charge is 2.22. The van der Waals surface area contributed by atoms with Crippen molar-refractivity contribution in [1.29, 1.82) is 0 Å². The third-order valence-corrected chi connectivity index (χ3v) is 5.79. The Morgan fingerprint density at radius 1 is 1.12 bits per heavy atom. The Kier molecular flexibility index (Phi) is 11.0. The largest absolute Gasteiger partial charge is 0.384 e. The molecular weight excluding hydrogens is 549 g/mol. The minimum Gasteiger partial charge on any atom is -0.384 e. The van der Waals surface area contributed by atoms with Gasteiger partial charge in [-0.15, -0.1) is 24.0 Å². The lowest BCUT2D eigenvalue weighted by molar-refractivity contribution is -0.385. The van der Waals surface area contributed by atoms with Crippen LogP contribution in [0.25, 0.3) is 0 Å².